The number of sulfonamides is 1. The third-order valence-corrected chi connectivity index (χ3v) is 5.33. The van der Waals surface area contributed by atoms with Gasteiger partial charge in [-0.15, -0.1) is 0 Å². The van der Waals surface area contributed by atoms with Gasteiger partial charge in [-0.3, -0.25) is 0 Å². The van der Waals surface area contributed by atoms with E-state index in [9.17, 15) is 8.42 Å². The topological polar surface area (TPSA) is 58.2 Å². The molecule has 4 nitrogen and oxygen atoms in total. The first-order valence-electron chi connectivity index (χ1n) is 7.84. The summed E-state index contributed by atoms with van der Waals surface area (Å²) in [6, 6.07) is 21.0. The highest BCUT2D eigenvalue weighted by Crippen LogP contribution is 2.22. The van der Waals surface area contributed by atoms with Crippen LogP contribution < -0.4 is 10.0 Å². The number of benzene rings is 3. The Kier molecular flexibility index (Phi) is 4.83. The van der Waals surface area contributed by atoms with Crippen molar-refractivity contribution in [3.8, 4) is 0 Å². The molecule has 0 fully saturated rings. The molecule has 0 heterocycles. The predicted octanol–water partition coefficient (Wildman–Crippen LogP) is 3.54. The molecule has 3 aromatic rings. The summed E-state index contributed by atoms with van der Waals surface area (Å²) < 4.78 is 27.1. The first kappa shape index (κ1) is 16.5. The Balaban J connectivity index is 1.61. The van der Waals surface area contributed by atoms with Gasteiger partial charge in [0.05, 0.1) is 4.90 Å². The molecule has 0 amide bonds. The molecule has 124 valence electrons. The third-order valence-electron chi connectivity index (χ3n) is 3.85. The highest BCUT2D eigenvalue weighted by Gasteiger charge is 2.12. The van der Waals surface area contributed by atoms with Crippen molar-refractivity contribution in [1.82, 2.24) is 4.72 Å². The molecular weight excluding hydrogens is 320 g/mol. The second kappa shape index (κ2) is 7.03. The molecule has 0 spiro atoms. The Morgan fingerprint density at radius 2 is 1.54 bits per heavy atom. The van der Waals surface area contributed by atoms with Crippen LogP contribution in [0.25, 0.3) is 10.8 Å². The van der Waals surface area contributed by atoms with Gasteiger partial charge in [0.1, 0.15) is 0 Å². The third kappa shape index (κ3) is 3.75. The number of aryl methyl sites for hydroxylation is 1. The molecule has 24 heavy (non-hydrogen) atoms. The van der Waals surface area contributed by atoms with Crippen molar-refractivity contribution in [2.75, 3.05) is 18.4 Å². The van der Waals surface area contributed by atoms with Crippen LogP contribution in [-0.4, -0.2) is 21.5 Å². The summed E-state index contributed by atoms with van der Waals surface area (Å²) in [5, 5.41) is 5.58. The Bertz CT molecular complexity index is 930. The summed E-state index contributed by atoms with van der Waals surface area (Å²) in [5.41, 5.74) is 2.04. The molecule has 0 atom stereocenters. The van der Waals surface area contributed by atoms with Crippen molar-refractivity contribution in [3.63, 3.8) is 0 Å². The summed E-state index contributed by atoms with van der Waals surface area (Å²) in [6.07, 6.45) is 0. The molecule has 0 saturated carbocycles. The normalized spacial score (nSPS) is 11.5. The Labute approximate surface area is 142 Å². The van der Waals surface area contributed by atoms with E-state index in [4.69, 9.17) is 0 Å². The SMILES string of the molecule is Cc1ccc(S(=O)(=O)NCCNc2cccc3ccccc23)cc1. The molecule has 0 aliphatic heterocycles. The lowest BCUT2D eigenvalue weighted by atomic mass is 10.1. The fraction of sp³-hybridized carbons (Fsp3) is 0.158. The lowest BCUT2D eigenvalue weighted by Gasteiger charge is -2.11. The molecule has 3 rings (SSSR count). The number of hydrogen-bond donors (Lipinski definition) is 2. The summed E-state index contributed by atoms with van der Waals surface area (Å²) in [6.45, 7) is 2.76. The Morgan fingerprint density at radius 1 is 0.833 bits per heavy atom. The van der Waals surface area contributed by atoms with Gasteiger partial charge in [0.15, 0.2) is 0 Å². The monoisotopic (exact) mass is 340 g/mol. The smallest absolute Gasteiger partial charge is 0.240 e. The minimum Gasteiger partial charge on any atom is -0.383 e. The fourth-order valence-corrected chi connectivity index (χ4v) is 3.59. The zero-order chi connectivity index (χ0) is 17.0. The summed E-state index contributed by atoms with van der Waals surface area (Å²) in [4.78, 5) is 0.290. The van der Waals surface area contributed by atoms with Gasteiger partial charge < -0.3 is 5.32 Å². The number of nitrogens with one attached hydrogen (secondary N) is 2. The van der Waals surface area contributed by atoms with E-state index < -0.39 is 10.0 Å². The second-order valence-corrected chi connectivity index (χ2v) is 7.43. The summed E-state index contributed by atoms with van der Waals surface area (Å²) in [7, 11) is -3.46. The predicted molar refractivity (Wildman–Crippen MR) is 98.8 cm³/mol. The molecule has 0 unspecified atom stereocenters. The summed E-state index contributed by atoms with van der Waals surface area (Å²) >= 11 is 0. The van der Waals surface area contributed by atoms with Gasteiger partial charge in [-0.05, 0) is 30.5 Å². The van der Waals surface area contributed by atoms with Crippen LogP contribution in [0.1, 0.15) is 5.56 Å². The minimum absolute atomic E-state index is 0.290. The lowest BCUT2D eigenvalue weighted by Crippen LogP contribution is -2.28. The average Bonchev–Trinajstić information content (AvgIpc) is 2.59. The van der Waals surface area contributed by atoms with Crippen LogP contribution in [0, 0.1) is 6.92 Å². The molecule has 0 bridgehead atoms. The molecule has 0 aliphatic carbocycles. The van der Waals surface area contributed by atoms with E-state index in [1.54, 1.807) is 24.3 Å². The highest BCUT2D eigenvalue weighted by molar-refractivity contribution is 7.89. The maximum absolute atomic E-state index is 12.2. The first-order chi connectivity index (χ1) is 11.6. The molecule has 0 aliphatic rings. The molecule has 3 aromatic carbocycles. The van der Waals surface area contributed by atoms with Crippen molar-refractivity contribution in [2.24, 2.45) is 0 Å². The summed E-state index contributed by atoms with van der Waals surface area (Å²) in [5.74, 6) is 0. The van der Waals surface area contributed by atoms with Crippen molar-refractivity contribution in [2.45, 2.75) is 11.8 Å². The molecule has 2 N–H and O–H groups in total. The largest absolute Gasteiger partial charge is 0.383 e. The number of rotatable bonds is 6. The number of hydrogen-bond acceptors (Lipinski definition) is 3. The van der Waals surface area contributed by atoms with E-state index in [1.165, 1.54) is 0 Å². The molecular formula is C19H20N2O2S. The van der Waals surface area contributed by atoms with Crippen LogP contribution in [-0.2, 0) is 10.0 Å². The molecule has 0 aromatic heterocycles. The van der Waals surface area contributed by atoms with E-state index >= 15 is 0 Å². The van der Waals surface area contributed by atoms with Crippen LogP contribution >= 0.6 is 0 Å². The minimum atomic E-state index is -3.46. The van der Waals surface area contributed by atoms with Gasteiger partial charge in [0.2, 0.25) is 10.0 Å². The van der Waals surface area contributed by atoms with Gasteiger partial charge in [-0.2, -0.15) is 0 Å². The molecule has 5 heteroatoms. The van der Waals surface area contributed by atoms with E-state index in [-0.39, 0.29) is 0 Å². The lowest BCUT2D eigenvalue weighted by molar-refractivity contribution is 0.583. The molecule has 0 radical (unpaired) electrons. The second-order valence-electron chi connectivity index (χ2n) is 5.66. The standard InChI is InChI=1S/C19H20N2O2S/c1-15-9-11-17(12-10-15)24(22,23)21-14-13-20-19-8-4-6-16-5-2-3-7-18(16)19/h2-12,20-21H,13-14H2,1H3. The van der Waals surface area contributed by atoms with E-state index in [0.29, 0.717) is 18.0 Å². The highest BCUT2D eigenvalue weighted by atomic mass is 32.2. The number of anilines is 1. The van der Waals surface area contributed by atoms with Crippen LogP contribution in [0.15, 0.2) is 71.6 Å². The zero-order valence-electron chi connectivity index (χ0n) is 13.5. The van der Waals surface area contributed by atoms with Crippen molar-refractivity contribution < 1.29 is 8.42 Å². The van der Waals surface area contributed by atoms with Crippen molar-refractivity contribution in [3.05, 3.63) is 72.3 Å². The van der Waals surface area contributed by atoms with Gasteiger partial charge >= 0.3 is 0 Å². The number of fused-ring (bicyclic) bond motifs is 1. The van der Waals surface area contributed by atoms with E-state index in [0.717, 1.165) is 22.0 Å². The zero-order valence-corrected chi connectivity index (χ0v) is 14.3. The maximum Gasteiger partial charge on any atom is 0.240 e. The van der Waals surface area contributed by atoms with Crippen molar-refractivity contribution >= 4 is 26.5 Å². The van der Waals surface area contributed by atoms with E-state index in [1.807, 2.05) is 37.3 Å². The van der Waals surface area contributed by atoms with Crippen LogP contribution in [0.2, 0.25) is 0 Å². The maximum atomic E-state index is 12.2. The van der Waals surface area contributed by atoms with Crippen LogP contribution in [0.3, 0.4) is 0 Å². The first-order valence-corrected chi connectivity index (χ1v) is 9.32. The fourth-order valence-electron chi connectivity index (χ4n) is 2.56. The van der Waals surface area contributed by atoms with Crippen LogP contribution in [0.4, 0.5) is 5.69 Å². The van der Waals surface area contributed by atoms with Gasteiger partial charge in [-0.25, -0.2) is 13.1 Å². The van der Waals surface area contributed by atoms with Crippen molar-refractivity contribution in [1.29, 1.82) is 0 Å². The van der Waals surface area contributed by atoms with E-state index in [2.05, 4.69) is 22.2 Å². The molecule has 0 saturated heterocycles. The van der Waals surface area contributed by atoms with Crippen LogP contribution in [0.5, 0.6) is 0 Å². The van der Waals surface area contributed by atoms with Gasteiger partial charge in [0, 0.05) is 24.2 Å². The van der Waals surface area contributed by atoms with Gasteiger partial charge in [-0.1, -0.05) is 54.1 Å². The quantitative estimate of drug-likeness (QED) is 0.675. The Hall–Kier alpha value is -2.37. The average molecular weight is 340 g/mol. The van der Waals surface area contributed by atoms with Gasteiger partial charge in [0.25, 0.3) is 0 Å². The Morgan fingerprint density at radius 3 is 2.33 bits per heavy atom.